The first-order chi connectivity index (χ1) is 19.4. The molecule has 0 spiro atoms. The summed E-state index contributed by atoms with van der Waals surface area (Å²) in [5, 5.41) is 9.87. The van der Waals surface area contributed by atoms with Gasteiger partial charge in [-0.2, -0.15) is 26.3 Å². The van der Waals surface area contributed by atoms with Gasteiger partial charge in [0.2, 0.25) is 5.95 Å². The number of aliphatic hydroxyl groups is 1. The van der Waals surface area contributed by atoms with E-state index in [9.17, 15) is 36.2 Å². The maximum Gasteiger partial charge on any atom is 0.416 e. The zero-order chi connectivity index (χ0) is 31.0. The maximum atomic E-state index is 13.6. The molecular formula is C28H35F6N5O3. The summed E-state index contributed by atoms with van der Waals surface area (Å²) in [6, 6.07) is 0.687. The summed E-state index contributed by atoms with van der Waals surface area (Å²) in [6.07, 6.45) is -6.50. The van der Waals surface area contributed by atoms with E-state index in [1.165, 1.54) is 17.3 Å². The van der Waals surface area contributed by atoms with Gasteiger partial charge in [-0.3, -0.25) is 0 Å². The fourth-order valence-electron chi connectivity index (χ4n) is 5.32. The molecule has 1 amide bonds. The summed E-state index contributed by atoms with van der Waals surface area (Å²) >= 11 is 0. The van der Waals surface area contributed by atoms with Gasteiger partial charge in [-0.15, -0.1) is 0 Å². The summed E-state index contributed by atoms with van der Waals surface area (Å²) in [5.74, 6) is 0.0929. The highest BCUT2D eigenvalue weighted by Gasteiger charge is 2.41. The number of alkyl halides is 6. The third kappa shape index (κ3) is 7.56. The second-order valence-corrected chi connectivity index (χ2v) is 11.8. The molecular weight excluding hydrogens is 568 g/mol. The van der Waals surface area contributed by atoms with Crippen LogP contribution in [0, 0.1) is 0 Å². The molecule has 2 aliphatic rings. The molecule has 3 heterocycles. The van der Waals surface area contributed by atoms with Crippen molar-refractivity contribution in [2.75, 3.05) is 29.4 Å². The Morgan fingerprint density at radius 2 is 1.62 bits per heavy atom. The van der Waals surface area contributed by atoms with E-state index in [0.29, 0.717) is 50.2 Å². The topological polar surface area (TPSA) is 82.0 Å². The Bertz CT molecular complexity index is 1220. The Hall–Kier alpha value is -3.29. The zero-order valence-corrected chi connectivity index (χ0v) is 23.8. The molecule has 2 aromatic rings. The van der Waals surface area contributed by atoms with E-state index in [1.807, 2.05) is 11.8 Å². The number of halogens is 6. The molecule has 1 unspecified atom stereocenters. The number of carbonyl (C=O) groups excluding carboxylic acids is 1. The fourth-order valence-corrected chi connectivity index (χ4v) is 5.32. The molecule has 14 heteroatoms. The first-order valence-corrected chi connectivity index (χ1v) is 13.7. The molecule has 8 nitrogen and oxygen atoms in total. The molecule has 1 aromatic heterocycles. The van der Waals surface area contributed by atoms with Crippen LogP contribution in [0.5, 0.6) is 0 Å². The number of anilines is 2. The van der Waals surface area contributed by atoms with Crippen LogP contribution < -0.4 is 9.80 Å². The standard InChI is InChI=1S/C28H35F6N5O3/c1-5-20-11-21(15-39(20)25(41)42-26(2,3)4)38(24-35-12-22(13-36-24)37-7-6-23(40)16-37)14-17-8-18(27(29,30)31)10-19(9-17)28(32,33)34/h8-10,12-13,20-21,23,40H,5-7,11,14-16H2,1-4H3/t20-,21?,23-/m1/s1. The van der Waals surface area contributed by atoms with E-state index in [2.05, 4.69) is 9.97 Å². The number of likely N-dealkylation sites (tertiary alicyclic amines) is 1. The molecule has 4 rings (SSSR count). The van der Waals surface area contributed by atoms with Crippen molar-refractivity contribution >= 4 is 17.7 Å². The number of rotatable bonds is 6. The highest BCUT2D eigenvalue weighted by Crippen LogP contribution is 2.37. The lowest BCUT2D eigenvalue weighted by Gasteiger charge is -2.30. The van der Waals surface area contributed by atoms with Gasteiger partial charge in [0.25, 0.3) is 0 Å². The van der Waals surface area contributed by atoms with Gasteiger partial charge >= 0.3 is 18.4 Å². The number of amides is 1. The van der Waals surface area contributed by atoms with Crippen molar-refractivity contribution in [3.05, 3.63) is 47.3 Å². The quantitative estimate of drug-likeness (QED) is 0.413. The number of hydrogen-bond donors (Lipinski definition) is 1. The van der Waals surface area contributed by atoms with Crippen LogP contribution in [0.4, 0.5) is 42.8 Å². The molecule has 2 fully saturated rings. The van der Waals surface area contributed by atoms with E-state index >= 15 is 0 Å². The number of hydrogen-bond acceptors (Lipinski definition) is 7. The minimum atomic E-state index is -4.99. The summed E-state index contributed by atoms with van der Waals surface area (Å²) < 4.78 is 87.2. The third-order valence-corrected chi connectivity index (χ3v) is 7.34. The summed E-state index contributed by atoms with van der Waals surface area (Å²) in [7, 11) is 0. The third-order valence-electron chi connectivity index (χ3n) is 7.34. The van der Waals surface area contributed by atoms with Crippen molar-refractivity contribution in [1.29, 1.82) is 0 Å². The Labute approximate surface area is 240 Å². The molecule has 1 aromatic carbocycles. The first kappa shape index (κ1) is 31.6. The van der Waals surface area contributed by atoms with Crippen molar-refractivity contribution in [3.63, 3.8) is 0 Å². The van der Waals surface area contributed by atoms with Gasteiger partial charge in [-0.25, -0.2) is 14.8 Å². The summed E-state index contributed by atoms with van der Waals surface area (Å²) in [6.45, 7) is 7.80. The number of β-amino-alcohol motifs (C(OH)–C–C–N with tert-alkyl or cyclic N) is 1. The van der Waals surface area contributed by atoms with Crippen molar-refractivity contribution in [1.82, 2.24) is 14.9 Å². The van der Waals surface area contributed by atoms with Crippen molar-refractivity contribution < 1.29 is 41.0 Å². The number of ether oxygens (including phenoxy) is 1. The van der Waals surface area contributed by atoms with E-state index in [1.54, 1.807) is 25.7 Å². The monoisotopic (exact) mass is 603 g/mol. The average Bonchev–Trinajstić information content (AvgIpc) is 3.52. The lowest BCUT2D eigenvalue weighted by atomic mass is 10.0. The van der Waals surface area contributed by atoms with Crippen LogP contribution >= 0.6 is 0 Å². The van der Waals surface area contributed by atoms with E-state index in [-0.39, 0.29) is 36.7 Å². The molecule has 2 aliphatic heterocycles. The molecule has 0 radical (unpaired) electrons. The van der Waals surface area contributed by atoms with Gasteiger partial charge < -0.3 is 24.5 Å². The lowest BCUT2D eigenvalue weighted by Crippen LogP contribution is -2.42. The van der Waals surface area contributed by atoms with Crippen LogP contribution in [0.25, 0.3) is 0 Å². The molecule has 2 saturated heterocycles. The Morgan fingerprint density at radius 3 is 2.10 bits per heavy atom. The molecule has 3 atom stereocenters. The number of aromatic nitrogens is 2. The van der Waals surface area contributed by atoms with Crippen molar-refractivity contribution in [3.8, 4) is 0 Å². The summed E-state index contributed by atoms with van der Waals surface area (Å²) in [5.41, 5.74) is -3.19. The Balaban J connectivity index is 1.71. The second kappa shape index (κ2) is 11.8. The van der Waals surface area contributed by atoms with Crippen molar-refractivity contribution in [2.45, 2.75) is 89.6 Å². The van der Waals surface area contributed by atoms with Gasteiger partial charge in [0, 0.05) is 32.2 Å². The Kier molecular flexibility index (Phi) is 8.87. The van der Waals surface area contributed by atoms with Gasteiger partial charge in [0.1, 0.15) is 5.60 Å². The molecule has 1 N–H and O–H groups in total. The lowest BCUT2D eigenvalue weighted by molar-refractivity contribution is -0.143. The number of nitrogens with zero attached hydrogens (tertiary/aromatic N) is 5. The van der Waals surface area contributed by atoms with E-state index < -0.39 is 47.3 Å². The zero-order valence-electron chi connectivity index (χ0n) is 23.8. The molecule has 232 valence electrons. The van der Waals surface area contributed by atoms with Crippen LogP contribution in [0.2, 0.25) is 0 Å². The van der Waals surface area contributed by atoms with Crippen LogP contribution in [0.15, 0.2) is 30.6 Å². The second-order valence-electron chi connectivity index (χ2n) is 11.8. The Morgan fingerprint density at radius 1 is 1.02 bits per heavy atom. The number of aliphatic hydroxyl groups excluding tert-OH is 1. The largest absolute Gasteiger partial charge is 0.444 e. The van der Waals surface area contributed by atoms with Gasteiger partial charge in [-0.05, 0) is 63.8 Å². The average molecular weight is 604 g/mol. The molecule has 0 aliphatic carbocycles. The smallest absolute Gasteiger partial charge is 0.416 e. The SMILES string of the molecule is CC[C@@H]1CC(N(Cc2cc(C(F)(F)F)cc(C(F)(F)F)c2)c2ncc(N3CC[C@@H](O)C3)cn2)CN1C(=O)OC(C)(C)C. The predicted molar refractivity (Wildman–Crippen MR) is 143 cm³/mol. The van der Waals surface area contributed by atoms with Crippen LogP contribution in [0.3, 0.4) is 0 Å². The van der Waals surface area contributed by atoms with Crippen LogP contribution in [-0.4, -0.2) is 69.5 Å². The van der Waals surface area contributed by atoms with Gasteiger partial charge in [0.15, 0.2) is 0 Å². The molecule has 0 bridgehead atoms. The van der Waals surface area contributed by atoms with Gasteiger partial charge in [0.05, 0.1) is 41.4 Å². The number of benzene rings is 1. The van der Waals surface area contributed by atoms with Gasteiger partial charge in [-0.1, -0.05) is 6.92 Å². The predicted octanol–water partition coefficient (Wildman–Crippen LogP) is 5.88. The van der Waals surface area contributed by atoms with Crippen molar-refractivity contribution in [2.24, 2.45) is 0 Å². The highest BCUT2D eigenvalue weighted by molar-refractivity contribution is 5.69. The van der Waals surface area contributed by atoms with Crippen LogP contribution in [0.1, 0.15) is 63.6 Å². The first-order valence-electron chi connectivity index (χ1n) is 13.7. The van der Waals surface area contributed by atoms with E-state index in [0.717, 1.165) is 0 Å². The number of carbonyl (C=O) groups is 1. The maximum absolute atomic E-state index is 13.6. The normalized spacial score (nSPS) is 21.6. The van der Waals surface area contributed by atoms with Crippen LogP contribution in [-0.2, 0) is 23.6 Å². The minimum Gasteiger partial charge on any atom is -0.444 e. The molecule has 0 saturated carbocycles. The molecule has 42 heavy (non-hydrogen) atoms. The van der Waals surface area contributed by atoms with E-state index in [4.69, 9.17) is 4.74 Å². The fraction of sp³-hybridized carbons (Fsp3) is 0.607. The minimum absolute atomic E-state index is 0.0929. The highest BCUT2D eigenvalue weighted by atomic mass is 19.4. The summed E-state index contributed by atoms with van der Waals surface area (Å²) in [4.78, 5) is 26.8.